The molecule has 4 nitrogen and oxygen atoms in total. The Labute approximate surface area is 110 Å². The molecule has 1 rings (SSSR count). The minimum atomic E-state index is -3.21. The number of hydrogen-bond donors (Lipinski definition) is 2. The summed E-state index contributed by atoms with van der Waals surface area (Å²) in [7, 11) is -3.21. The molecule has 0 fully saturated rings. The number of anilines is 2. The Morgan fingerprint density at radius 3 is 2.33 bits per heavy atom. The van der Waals surface area contributed by atoms with Gasteiger partial charge in [0.05, 0.1) is 11.9 Å². The number of nitrogens with one attached hydrogen (secondary N) is 2. The highest BCUT2D eigenvalue weighted by atomic mass is 32.2. The lowest BCUT2D eigenvalue weighted by Crippen LogP contribution is -2.13. The second-order valence-electron chi connectivity index (χ2n) is 4.52. The summed E-state index contributed by atoms with van der Waals surface area (Å²) in [5.74, 6) is 0.650. The van der Waals surface area contributed by atoms with Crippen LogP contribution < -0.4 is 10.0 Å². The molecule has 0 atom stereocenters. The van der Waals surface area contributed by atoms with Gasteiger partial charge in [-0.1, -0.05) is 32.8 Å². The lowest BCUT2D eigenvalue weighted by atomic mass is 10.0. The number of rotatable bonds is 7. The SMILES string of the molecule is CCC(CC)CNc1cccc(NS(C)(=O)=O)c1. The van der Waals surface area contributed by atoms with Crippen LogP contribution in [-0.2, 0) is 10.0 Å². The van der Waals surface area contributed by atoms with E-state index in [1.54, 1.807) is 6.07 Å². The smallest absolute Gasteiger partial charge is 0.229 e. The molecule has 18 heavy (non-hydrogen) atoms. The Balaban J connectivity index is 2.65. The summed E-state index contributed by atoms with van der Waals surface area (Å²) >= 11 is 0. The van der Waals surface area contributed by atoms with Gasteiger partial charge in [0.2, 0.25) is 10.0 Å². The third kappa shape index (κ3) is 5.40. The van der Waals surface area contributed by atoms with E-state index in [9.17, 15) is 8.42 Å². The third-order valence-corrected chi connectivity index (χ3v) is 3.52. The molecule has 0 aromatic heterocycles. The van der Waals surface area contributed by atoms with E-state index in [1.165, 1.54) is 0 Å². The zero-order chi connectivity index (χ0) is 13.6. The van der Waals surface area contributed by atoms with Gasteiger partial charge < -0.3 is 5.32 Å². The van der Waals surface area contributed by atoms with Crippen LogP contribution in [0.2, 0.25) is 0 Å². The predicted octanol–water partition coefficient (Wildman–Crippen LogP) is 2.91. The van der Waals surface area contributed by atoms with Gasteiger partial charge in [-0.3, -0.25) is 4.72 Å². The first kappa shape index (κ1) is 14.8. The molecular formula is C13H22N2O2S. The molecule has 0 saturated carbocycles. The Morgan fingerprint density at radius 2 is 1.78 bits per heavy atom. The first-order chi connectivity index (χ1) is 8.44. The van der Waals surface area contributed by atoms with Crippen molar-refractivity contribution in [3.8, 4) is 0 Å². The van der Waals surface area contributed by atoms with Crippen LogP contribution in [0.15, 0.2) is 24.3 Å². The van der Waals surface area contributed by atoms with Gasteiger partial charge in [-0.2, -0.15) is 0 Å². The molecule has 0 aliphatic carbocycles. The maximum atomic E-state index is 11.1. The second-order valence-corrected chi connectivity index (χ2v) is 6.27. The fourth-order valence-corrected chi connectivity index (χ4v) is 2.30. The molecule has 5 heteroatoms. The van der Waals surface area contributed by atoms with Gasteiger partial charge >= 0.3 is 0 Å². The molecule has 0 aliphatic rings. The monoisotopic (exact) mass is 270 g/mol. The topological polar surface area (TPSA) is 58.2 Å². The highest BCUT2D eigenvalue weighted by Gasteiger charge is 2.05. The van der Waals surface area contributed by atoms with Crippen molar-refractivity contribution >= 4 is 21.4 Å². The van der Waals surface area contributed by atoms with Crippen LogP contribution in [0, 0.1) is 5.92 Å². The standard InChI is InChI=1S/C13H22N2O2S/c1-4-11(5-2)10-14-12-7-6-8-13(9-12)15-18(3,16)17/h6-9,11,14-15H,4-5,10H2,1-3H3. The molecule has 102 valence electrons. The van der Waals surface area contributed by atoms with E-state index >= 15 is 0 Å². The van der Waals surface area contributed by atoms with Crippen LogP contribution in [0.25, 0.3) is 0 Å². The summed E-state index contributed by atoms with van der Waals surface area (Å²) in [6.45, 7) is 5.27. The highest BCUT2D eigenvalue weighted by Crippen LogP contribution is 2.17. The van der Waals surface area contributed by atoms with Crippen molar-refractivity contribution < 1.29 is 8.42 Å². The van der Waals surface area contributed by atoms with Crippen molar-refractivity contribution in [2.45, 2.75) is 26.7 Å². The predicted molar refractivity (Wildman–Crippen MR) is 77.5 cm³/mol. The fourth-order valence-electron chi connectivity index (χ4n) is 1.75. The molecule has 2 N–H and O–H groups in total. The summed E-state index contributed by atoms with van der Waals surface area (Å²) < 4.78 is 24.7. The van der Waals surface area contributed by atoms with Crippen molar-refractivity contribution in [1.29, 1.82) is 0 Å². The van der Waals surface area contributed by atoms with E-state index in [4.69, 9.17) is 0 Å². The fraction of sp³-hybridized carbons (Fsp3) is 0.538. The van der Waals surface area contributed by atoms with Crippen LogP contribution >= 0.6 is 0 Å². The van der Waals surface area contributed by atoms with Crippen molar-refractivity contribution in [2.24, 2.45) is 5.92 Å². The zero-order valence-corrected chi connectivity index (χ0v) is 12.0. The number of sulfonamides is 1. The quantitative estimate of drug-likeness (QED) is 0.801. The van der Waals surface area contributed by atoms with Gasteiger partial charge in [0.1, 0.15) is 0 Å². The number of hydrogen-bond acceptors (Lipinski definition) is 3. The molecule has 0 saturated heterocycles. The van der Waals surface area contributed by atoms with Gasteiger partial charge in [-0.15, -0.1) is 0 Å². The van der Waals surface area contributed by atoms with Crippen LogP contribution in [0.4, 0.5) is 11.4 Å². The molecule has 0 bridgehead atoms. The minimum absolute atomic E-state index is 0.590. The van der Waals surface area contributed by atoms with Gasteiger partial charge in [-0.25, -0.2) is 8.42 Å². The summed E-state index contributed by atoms with van der Waals surface area (Å²) in [6.07, 6.45) is 3.44. The molecule has 0 radical (unpaired) electrons. The van der Waals surface area contributed by atoms with Crippen molar-refractivity contribution in [2.75, 3.05) is 22.8 Å². The molecule has 1 aromatic carbocycles. The molecule has 0 spiro atoms. The minimum Gasteiger partial charge on any atom is -0.385 e. The van der Waals surface area contributed by atoms with Gasteiger partial charge in [0.25, 0.3) is 0 Å². The number of benzene rings is 1. The lowest BCUT2D eigenvalue weighted by Gasteiger charge is -2.15. The van der Waals surface area contributed by atoms with Crippen LogP contribution in [0.5, 0.6) is 0 Å². The summed E-state index contributed by atoms with van der Waals surface area (Å²) in [4.78, 5) is 0. The maximum Gasteiger partial charge on any atom is 0.229 e. The molecule has 0 amide bonds. The first-order valence-electron chi connectivity index (χ1n) is 6.26. The third-order valence-electron chi connectivity index (χ3n) is 2.92. The van der Waals surface area contributed by atoms with Crippen molar-refractivity contribution in [3.63, 3.8) is 0 Å². The Bertz CT molecular complexity index is 468. The van der Waals surface area contributed by atoms with Crippen LogP contribution in [0.3, 0.4) is 0 Å². The molecule has 0 heterocycles. The van der Waals surface area contributed by atoms with Gasteiger partial charge in [0.15, 0.2) is 0 Å². The van der Waals surface area contributed by atoms with E-state index in [2.05, 4.69) is 23.9 Å². The summed E-state index contributed by atoms with van der Waals surface area (Å²) in [5.41, 5.74) is 1.53. The maximum absolute atomic E-state index is 11.1. The average Bonchev–Trinajstić information content (AvgIpc) is 2.28. The Kier molecular flexibility index (Phi) is 5.47. The van der Waals surface area contributed by atoms with E-state index in [0.29, 0.717) is 11.6 Å². The second kappa shape index (κ2) is 6.64. The Hall–Kier alpha value is -1.23. The average molecular weight is 270 g/mol. The van der Waals surface area contributed by atoms with E-state index in [1.807, 2.05) is 18.2 Å². The summed E-state index contributed by atoms with van der Waals surface area (Å²) in [6, 6.07) is 7.32. The first-order valence-corrected chi connectivity index (χ1v) is 8.15. The lowest BCUT2D eigenvalue weighted by molar-refractivity contribution is 0.519. The van der Waals surface area contributed by atoms with E-state index in [0.717, 1.165) is 31.3 Å². The molecule has 0 aliphatic heterocycles. The zero-order valence-electron chi connectivity index (χ0n) is 11.2. The van der Waals surface area contributed by atoms with Crippen molar-refractivity contribution in [1.82, 2.24) is 0 Å². The highest BCUT2D eigenvalue weighted by molar-refractivity contribution is 7.92. The van der Waals surface area contributed by atoms with Crippen LogP contribution in [-0.4, -0.2) is 21.2 Å². The molecule has 1 aromatic rings. The van der Waals surface area contributed by atoms with Gasteiger partial charge in [-0.05, 0) is 24.1 Å². The largest absolute Gasteiger partial charge is 0.385 e. The van der Waals surface area contributed by atoms with E-state index < -0.39 is 10.0 Å². The summed E-state index contributed by atoms with van der Waals surface area (Å²) in [5, 5.41) is 3.34. The van der Waals surface area contributed by atoms with Gasteiger partial charge in [0, 0.05) is 12.2 Å². The van der Waals surface area contributed by atoms with Crippen molar-refractivity contribution in [3.05, 3.63) is 24.3 Å². The molecule has 0 unspecified atom stereocenters. The van der Waals surface area contributed by atoms with Crippen LogP contribution in [0.1, 0.15) is 26.7 Å². The Morgan fingerprint density at radius 1 is 1.17 bits per heavy atom. The normalized spacial score (nSPS) is 11.6. The van der Waals surface area contributed by atoms with E-state index in [-0.39, 0.29) is 0 Å². The molecular weight excluding hydrogens is 248 g/mol.